The van der Waals surface area contributed by atoms with Gasteiger partial charge in [-0.3, -0.25) is 0 Å². The lowest BCUT2D eigenvalue weighted by Crippen LogP contribution is -2.01. The van der Waals surface area contributed by atoms with Crippen LogP contribution in [0.3, 0.4) is 0 Å². The van der Waals surface area contributed by atoms with Gasteiger partial charge < -0.3 is 10.5 Å². The Bertz CT molecular complexity index is 450. The van der Waals surface area contributed by atoms with Crippen LogP contribution in [-0.2, 0) is 6.42 Å². The molecule has 0 amide bonds. The monoisotopic (exact) mass is 221 g/mol. The Hall–Kier alpha value is -1.06. The molecule has 0 aliphatic heterocycles. The number of hydrogen-bond donors (Lipinski definition) is 1. The summed E-state index contributed by atoms with van der Waals surface area (Å²) in [4.78, 5) is 0. The first-order valence-electron chi connectivity index (χ1n) is 5.09. The molecule has 1 aromatic heterocycles. The summed E-state index contributed by atoms with van der Waals surface area (Å²) in [7, 11) is 1.72. The van der Waals surface area contributed by atoms with Crippen LogP contribution in [0.5, 0.6) is 5.75 Å². The van der Waals surface area contributed by atoms with Gasteiger partial charge in [-0.25, -0.2) is 0 Å². The first-order valence-corrected chi connectivity index (χ1v) is 5.97. The molecule has 0 aliphatic carbocycles. The predicted molar refractivity (Wildman–Crippen MR) is 65.8 cm³/mol. The van der Waals surface area contributed by atoms with E-state index in [1.54, 1.807) is 18.4 Å². The van der Waals surface area contributed by atoms with E-state index in [1.807, 2.05) is 0 Å². The number of methoxy groups -OCH3 is 1. The fourth-order valence-corrected chi connectivity index (χ4v) is 2.52. The molecule has 0 saturated heterocycles. The average Bonchev–Trinajstić information content (AvgIpc) is 2.71. The Morgan fingerprint density at radius 1 is 1.40 bits per heavy atom. The second-order valence-electron chi connectivity index (χ2n) is 3.51. The normalized spacial score (nSPS) is 10.8. The van der Waals surface area contributed by atoms with E-state index in [0.29, 0.717) is 0 Å². The Balaban J connectivity index is 2.40. The molecule has 2 aromatic rings. The highest BCUT2D eigenvalue weighted by molar-refractivity contribution is 7.17. The van der Waals surface area contributed by atoms with Crippen molar-refractivity contribution in [2.45, 2.75) is 12.8 Å². The molecule has 0 atom stereocenters. The molecule has 0 unspecified atom stereocenters. The zero-order chi connectivity index (χ0) is 10.7. The average molecular weight is 221 g/mol. The summed E-state index contributed by atoms with van der Waals surface area (Å²) in [5, 5.41) is 3.41. The van der Waals surface area contributed by atoms with Gasteiger partial charge in [-0.15, -0.1) is 11.3 Å². The maximum atomic E-state index is 5.52. The van der Waals surface area contributed by atoms with Gasteiger partial charge in [0.2, 0.25) is 0 Å². The Kier molecular flexibility index (Phi) is 3.23. The van der Waals surface area contributed by atoms with Gasteiger partial charge in [0.1, 0.15) is 5.75 Å². The van der Waals surface area contributed by atoms with E-state index in [1.165, 1.54) is 15.6 Å². The van der Waals surface area contributed by atoms with Crippen LogP contribution in [0.25, 0.3) is 10.1 Å². The number of hydrogen-bond acceptors (Lipinski definition) is 3. The first kappa shape index (κ1) is 10.5. The van der Waals surface area contributed by atoms with E-state index < -0.39 is 0 Å². The summed E-state index contributed by atoms with van der Waals surface area (Å²) < 4.78 is 6.67. The molecular weight excluding hydrogens is 206 g/mol. The van der Waals surface area contributed by atoms with Crippen LogP contribution >= 0.6 is 11.3 Å². The zero-order valence-electron chi connectivity index (χ0n) is 8.82. The van der Waals surface area contributed by atoms with Crippen molar-refractivity contribution in [1.29, 1.82) is 0 Å². The van der Waals surface area contributed by atoms with Gasteiger partial charge >= 0.3 is 0 Å². The number of benzene rings is 1. The highest BCUT2D eigenvalue weighted by atomic mass is 32.1. The van der Waals surface area contributed by atoms with Gasteiger partial charge in [-0.1, -0.05) is 0 Å². The molecule has 0 saturated carbocycles. The minimum Gasteiger partial charge on any atom is -0.496 e. The fraction of sp³-hybridized carbons (Fsp3) is 0.333. The standard InChI is InChI=1S/C12H15NOS/c1-14-11-8-12-10(4-6-15-12)7-9(11)3-2-5-13/h4,6-8H,2-3,5,13H2,1H3. The lowest BCUT2D eigenvalue weighted by molar-refractivity contribution is 0.410. The third-order valence-electron chi connectivity index (χ3n) is 2.51. The predicted octanol–water partition coefficient (Wildman–Crippen LogP) is 2.80. The van der Waals surface area contributed by atoms with Crippen molar-refractivity contribution in [1.82, 2.24) is 0 Å². The van der Waals surface area contributed by atoms with E-state index in [0.717, 1.165) is 25.1 Å². The Morgan fingerprint density at radius 3 is 3.00 bits per heavy atom. The number of nitrogens with two attached hydrogens (primary N) is 1. The van der Waals surface area contributed by atoms with Gasteiger partial charge in [-0.05, 0) is 53.9 Å². The van der Waals surface area contributed by atoms with Crippen molar-refractivity contribution in [2.75, 3.05) is 13.7 Å². The van der Waals surface area contributed by atoms with Gasteiger partial charge in [0, 0.05) is 4.70 Å². The molecule has 0 bridgehead atoms. The Morgan fingerprint density at radius 2 is 2.27 bits per heavy atom. The highest BCUT2D eigenvalue weighted by Crippen LogP contribution is 2.30. The maximum absolute atomic E-state index is 5.52. The molecular formula is C12H15NOS. The van der Waals surface area contributed by atoms with Gasteiger partial charge in [0.15, 0.2) is 0 Å². The van der Waals surface area contributed by atoms with Gasteiger partial charge in [0.25, 0.3) is 0 Å². The summed E-state index contributed by atoms with van der Waals surface area (Å²) in [5.74, 6) is 0.985. The number of fused-ring (bicyclic) bond motifs is 1. The van der Waals surface area contributed by atoms with E-state index in [-0.39, 0.29) is 0 Å². The molecule has 3 heteroatoms. The number of aryl methyl sites for hydroxylation is 1. The molecule has 1 aromatic carbocycles. The van der Waals surface area contributed by atoms with Crippen molar-refractivity contribution in [3.05, 3.63) is 29.1 Å². The van der Waals surface area contributed by atoms with E-state index in [2.05, 4.69) is 23.6 Å². The first-order chi connectivity index (χ1) is 7.35. The minimum absolute atomic E-state index is 0.727. The van der Waals surface area contributed by atoms with Crippen LogP contribution in [-0.4, -0.2) is 13.7 Å². The smallest absolute Gasteiger partial charge is 0.123 e. The van der Waals surface area contributed by atoms with Crippen molar-refractivity contribution in [2.24, 2.45) is 5.73 Å². The topological polar surface area (TPSA) is 35.2 Å². The maximum Gasteiger partial charge on any atom is 0.123 e. The van der Waals surface area contributed by atoms with E-state index in [4.69, 9.17) is 10.5 Å². The van der Waals surface area contributed by atoms with Crippen LogP contribution in [0, 0.1) is 0 Å². The third kappa shape index (κ3) is 2.13. The minimum atomic E-state index is 0.727. The van der Waals surface area contributed by atoms with Crippen LogP contribution in [0.4, 0.5) is 0 Å². The number of rotatable bonds is 4. The lowest BCUT2D eigenvalue weighted by atomic mass is 10.1. The molecule has 15 heavy (non-hydrogen) atoms. The molecule has 0 radical (unpaired) electrons. The second kappa shape index (κ2) is 4.64. The molecule has 2 rings (SSSR count). The van der Waals surface area contributed by atoms with Crippen molar-refractivity contribution >= 4 is 21.4 Å². The molecule has 0 spiro atoms. The summed E-state index contributed by atoms with van der Waals surface area (Å²) >= 11 is 1.74. The number of thiophene rings is 1. The Labute approximate surface area is 93.7 Å². The largest absolute Gasteiger partial charge is 0.496 e. The number of ether oxygens (including phenoxy) is 1. The quantitative estimate of drug-likeness (QED) is 0.861. The van der Waals surface area contributed by atoms with Crippen molar-refractivity contribution in [3.8, 4) is 5.75 Å². The van der Waals surface area contributed by atoms with Crippen molar-refractivity contribution in [3.63, 3.8) is 0 Å². The van der Waals surface area contributed by atoms with Crippen LogP contribution in [0.15, 0.2) is 23.6 Å². The summed E-state index contributed by atoms with van der Waals surface area (Å²) in [6, 6.07) is 6.47. The molecule has 0 aliphatic rings. The SMILES string of the molecule is COc1cc2sccc2cc1CCCN. The van der Waals surface area contributed by atoms with Crippen LogP contribution in [0.2, 0.25) is 0 Å². The van der Waals surface area contributed by atoms with Gasteiger partial charge in [0.05, 0.1) is 7.11 Å². The highest BCUT2D eigenvalue weighted by Gasteiger charge is 2.05. The van der Waals surface area contributed by atoms with Gasteiger partial charge in [-0.2, -0.15) is 0 Å². The molecule has 2 N–H and O–H groups in total. The van der Waals surface area contributed by atoms with E-state index >= 15 is 0 Å². The van der Waals surface area contributed by atoms with Crippen LogP contribution in [0.1, 0.15) is 12.0 Å². The van der Waals surface area contributed by atoms with Crippen molar-refractivity contribution < 1.29 is 4.74 Å². The summed E-state index contributed by atoms with van der Waals surface area (Å²) in [6.07, 6.45) is 2.00. The second-order valence-corrected chi connectivity index (χ2v) is 4.46. The molecule has 2 nitrogen and oxygen atoms in total. The lowest BCUT2D eigenvalue weighted by Gasteiger charge is -2.08. The fourth-order valence-electron chi connectivity index (χ4n) is 1.72. The summed E-state index contributed by atoms with van der Waals surface area (Å²) in [5.41, 5.74) is 6.78. The zero-order valence-corrected chi connectivity index (χ0v) is 9.64. The molecule has 80 valence electrons. The third-order valence-corrected chi connectivity index (χ3v) is 3.39. The summed E-state index contributed by atoms with van der Waals surface area (Å²) in [6.45, 7) is 0.727. The molecule has 1 heterocycles. The van der Waals surface area contributed by atoms with E-state index in [9.17, 15) is 0 Å². The van der Waals surface area contributed by atoms with Crippen LogP contribution < -0.4 is 10.5 Å². The molecule has 0 fully saturated rings.